The van der Waals surface area contributed by atoms with Gasteiger partial charge in [-0.1, -0.05) is 13.0 Å². The molecule has 1 aromatic carbocycles. The average molecular weight is 190 g/mol. The highest BCUT2D eigenvalue weighted by molar-refractivity contribution is 5.47. The summed E-state index contributed by atoms with van der Waals surface area (Å²) in [5.41, 5.74) is 4.41. The molecular weight excluding hydrogens is 172 g/mol. The van der Waals surface area contributed by atoms with Gasteiger partial charge in [0.15, 0.2) is 0 Å². The first kappa shape index (κ1) is 9.57. The zero-order valence-electron chi connectivity index (χ0n) is 9.26. The molecule has 0 saturated carbocycles. The number of aryl methyl sites for hydroxylation is 1. The summed E-state index contributed by atoms with van der Waals surface area (Å²) < 4.78 is 5.42. The lowest BCUT2D eigenvalue weighted by atomic mass is 9.81. The summed E-state index contributed by atoms with van der Waals surface area (Å²) in [6, 6.07) is 4.28. The van der Waals surface area contributed by atoms with Crippen molar-refractivity contribution in [3.63, 3.8) is 0 Å². The Morgan fingerprint density at radius 1 is 1.36 bits per heavy atom. The van der Waals surface area contributed by atoms with Crippen molar-refractivity contribution < 1.29 is 4.74 Å². The van der Waals surface area contributed by atoms with Crippen LogP contribution in [0.15, 0.2) is 12.1 Å². The summed E-state index contributed by atoms with van der Waals surface area (Å²) in [4.78, 5) is 0. The van der Waals surface area contributed by atoms with E-state index in [1.54, 1.807) is 7.11 Å². The van der Waals surface area contributed by atoms with Gasteiger partial charge in [0.2, 0.25) is 0 Å². The van der Waals surface area contributed by atoms with Crippen molar-refractivity contribution in [2.24, 2.45) is 0 Å². The molecule has 2 rings (SSSR count). The van der Waals surface area contributed by atoms with Crippen molar-refractivity contribution in [1.82, 2.24) is 0 Å². The van der Waals surface area contributed by atoms with Crippen molar-refractivity contribution >= 4 is 0 Å². The van der Waals surface area contributed by atoms with Crippen LogP contribution in [0.3, 0.4) is 0 Å². The number of hydrogen-bond acceptors (Lipinski definition) is 1. The van der Waals surface area contributed by atoms with E-state index < -0.39 is 0 Å². The highest BCUT2D eigenvalue weighted by Gasteiger charge is 2.21. The molecule has 0 bridgehead atoms. The molecule has 0 fully saturated rings. The Labute approximate surface area is 86.1 Å². The van der Waals surface area contributed by atoms with Gasteiger partial charge in [-0.15, -0.1) is 0 Å². The van der Waals surface area contributed by atoms with E-state index in [9.17, 15) is 0 Å². The van der Waals surface area contributed by atoms with Crippen LogP contribution in [0.1, 0.15) is 42.4 Å². The van der Waals surface area contributed by atoms with Gasteiger partial charge >= 0.3 is 0 Å². The molecule has 1 nitrogen and oxygen atoms in total. The van der Waals surface area contributed by atoms with E-state index in [0.717, 1.165) is 5.75 Å². The molecular formula is C13H18O. The smallest absolute Gasteiger partial charge is 0.122 e. The molecule has 1 atom stereocenters. The van der Waals surface area contributed by atoms with Gasteiger partial charge in [0.1, 0.15) is 5.75 Å². The molecule has 0 aliphatic heterocycles. The van der Waals surface area contributed by atoms with Gasteiger partial charge in [-0.2, -0.15) is 0 Å². The molecule has 1 aliphatic carbocycles. The topological polar surface area (TPSA) is 9.23 Å². The van der Waals surface area contributed by atoms with Crippen LogP contribution in [-0.2, 0) is 6.42 Å². The minimum absolute atomic E-state index is 0.703. The number of hydrogen-bond donors (Lipinski definition) is 0. The van der Waals surface area contributed by atoms with Gasteiger partial charge < -0.3 is 4.74 Å². The number of fused-ring (bicyclic) bond motifs is 1. The molecule has 0 radical (unpaired) electrons. The van der Waals surface area contributed by atoms with Crippen LogP contribution in [-0.4, -0.2) is 7.11 Å². The maximum Gasteiger partial charge on any atom is 0.122 e. The van der Waals surface area contributed by atoms with Gasteiger partial charge in [0.25, 0.3) is 0 Å². The maximum absolute atomic E-state index is 5.42. The summed E-state index contributed by atoms with van der Waals surface area (Å²) in [5, 5.41) is 0. The Morgan fingerprint density at radius 2 is 2.14 bits per heavy atom. The van der Waals surface area contributed by atoms with Crippen LogP contribution in [0.4, 0.5) is 0 Å². The van der Waals surface area contributed by atoms with Gasteiger partial charge in [-0.05, 0) is 54.9 Å². The van der Waals surface area contributed by atoms with Crippen LogP contribution in [0.25, 0.3) is 0 Å². The second-order valence-electron chi connectivity index (χ2n) is 4.27. The normalized spacial score (nSPS) is 20.4. The minimum Gasteiger partial charge on any atom is -0.496 e. The van der Waals surface area contributed by atoms with Gasteiger partial charge in [0.05, 0.1) is 7.11 Å². The van der Waals surface area contributed by atoms with Crippen molar-refractivity contribution in [2.75, 3.05) is 7.11 Å². The highest BCUT2D eigenvalue weighted by atomic mass is 16.5. The number of ether oxygens (including phenoxy) is 1. The molecule has 0 aromatic heterocycles. The zero-order chi connectivity index (χ0) is 10.1. The third kappa shape index (κ3) is 1.41. The molecule has 0 saturated heterocycles. The predicted octanol–water partition coefficient (Wildman–Crippen LogP) is 3.44. The lowest BCUT2D eigenvalue weighted by Crippen LogP contribution is -2.10. The van der Waals surface area contributed by atoms with Gasteiger partial charge in [-0.25, -0.2) is 0 Å². The Hall–Kier alpha value is -0.980. The Bertz CT molecular complexity index is 341. The molecule has 0 N–H and O–H groups in total. The zero-order valence-corrected chi connectivity index (χ0v) is 9.26. The largest absolute Gasteiger partial charge is 0.496 e. The van der Waals surface area contributed by atoms with Crippen LogP contribution >= 0.6 is 0 Å². The van der Waals surface area contributed by atoms with Crippen LogP contribution < -0.4 is 4.74 Å². The first-order chi connectivity index (χ1) is 6.74. The van der Waals surface area contributed by atoms with E-state index in [0.29, 0.717) is 5.92 Å². The van der Waals surface area contributed by atoms with Crippen LogP contribution in [0.2, 0.25) is 0 Å². The second-order valence-corrected chi connectivity index (χ2v) is 4.27. The standard InChI is InChI=1S/C13H18O/c1-9-5-4-6-11-12(14-3)8-7-10(2)13(9)11/h7-9H,4-6H2,1-3H3. The molecule has 14 heavy (non-hydrogen) atoms. The molecule has 1 aliphatic rings. The summed E-state index contributed by atoms with van der Waals surface area (Å²) in [5.74, 6) is 1.78. The van der Waals surface area contributed by atoms with Crippen LogP contribution in [0.5, 0.6) is 5.75 Å². The molecule has 0 spiro atoms. The lowest BCUT2D eigenvalue weighted by Gasteiger charge is -2.26. The lowest BCUT2D eigenvalue weighted by molar-refractivity contribution is 0.403. The van der Waals surface area contributed by atoms with Gasteiger partial charge in [-0.3, -0.25) is 0 Å². The number of benzene rings is 1. The van der Waals surface area contributed by atoms with Crippen molar-refractivity contribution in [1.29, 1.82) is 0 Å². The van der Waals surface area contributed by atoms with E-state index >= 15 is 0 Å². The molecule has 1 aromatic rings. The molecule has 0 heterocycles. The predicted molar refractivity (Wildman–Crippen MR) is 59.1 cm³/mol. The average Bonchev–Trinajstić information content (AvgIpc) is 2.18. The fraction of sp³-hybridized carbons (Fsp3) is 0.538. The van der Waals surface area contributed by atoms with Crippen molar-refractivity contribution in [3.8, 4) is 5.75 Å². The summed E-state index contributed by atoms with van der Waals surface area (Å²) >= 11 is 0. The number of rotatable bonds is 1. The fourth-order valence-electron chi connectivity index (χ4n) is 2.63. The molecule has 0 amide bonds. The Balaban J connectivity index is 2.57. The summed E-state index contributed by atoms with van der Waals surface area (Å²) in [6.45, 7) is 4.53. The minimum atomic E-state index is 0.703. The highest BCUT2D eigenvalue weighted by Crippen LogP contribution is 2.38. The maximum atomic E-state index is 5.42. The van der Waals surface area contributed by atoms with Crippen molar-refractivity contribution in [2.45, 2.75) is 39.0 Å². The SMILES string of the molecule is COc1ccc(C)c2c1CCCC2C. The number of methoxy groups -OCH3 is 1. The van der Waals surface area contributed by atoms with Gasteiger partial charge in [0, 0.05) is 0 Å². The van der Waals surface area contributed by atoms with E-state index in [-0.39, 0.29) is 0 Å². The van der Waals surface area contributed by atoms with E-state index in [2.05, 4.69) is 26.0 Å². The first-order valence-corrected chi connectivity index (χ1v) is 5.40. The second kappa shape index (κ2) is 3.64. The summed E-state index contributed by atoms with van der Waals surface area (Å²) in [7, 11) is 1.77. The quantitative estimate of drug-likeness (QED) is 0.659. The Morgan fingerprint density at radius 3 is 2.86 bits per heavy atom. The Kier molecular flexibility index (Phi) is 2.49. The molecule has 76 valence electrons. The van der Waals surface area contributed by atoms with E-state index in [1.807, 2.05) is 0 Å². The first-order valence-electron chi connectivity index (χ1n) is 5.40. The fourth-order valence-corrected chi connectivity index (χ4v) is 2.63. The summed E-state index contributed by atoms with van der Waals surface area (Å²) in [6.07, 6.45) is 3.81. The van der Waals surface area contributed by atoms with Crippen LogP contribution in [0, 0.1) is 6.92 Å². The monoisotopic (exact) mass is 190 g/mol. The van der Waals surface area contributed by atoms with E-state index in [4.69, 9.17) is 4.74 Å². The molecule has 1 heteroatoms. The van der Waals surface area contributed by atoms with E-state index in [1.165, 1.54) is 36.0 Å². The third-order valence-electron chi connectivity index (χ3n) is 3.31. The van der Waals surface area contributed by atoms with Crippen molar-refractivity contribution in [3.05, 3.63) is 28.8 Å². The third-order valence-corrected chi connectivity index (χ3v) is 3.31. The molecule has 1 unspecified atom stereocenters.